The van der Waals surface area contributed by atoms with Gasteiger partial charge in [0.25, 0.3) is 10.1 Å². The van der Waals surface area contributed by atoms with Crippen LogP contribution in [0.1, 0.15) is 23.1 Å². The maximum Gasteiger partial charge on any atom is 0.416 e. The Morgan fingerprint density at radius 2 is 1.57 bits per heavy atom. The van der Waals surface area contributed by atoms with Gasteiger partial charge < -0.3 is 10.1 Å². The maximum absolute atomic E-state index is 13.6. The summed E-state index contributed by atoms with van der Waals surface area (Å²) in [6, 6.07) is 12.5. The molecule has 1 saturated heterocycles. The minimum Gasteiger partial charge on any atom is -0.480 e. The number of benzene rings is 3. The Kier molecular flexibility index (Phi) is 9.45. The van der Waals surface area contributed by atoms with E-state index in [9.17, 15) is 39.2 Å². The molecule has 5 rings (SSSR count). The number of aromatic nitrogens is 2. The van der Waals surface area contributed by atoms with Crippen LogP contribution in [0.15, 0.2) is 88.8 Å². The normalized spacial score (nSPS) is 17.5. The van der Waals surface area contributed by atoms with Crippen molar-refractivity contribution in [2.24, 2.45) is 0 Å². The lowest BCUT2D eigenvalue weighted by atomic mass is 10.2. The van der Waals surface area contributed by atoms with E-state index in [0.29, 0.717) is 5.56 Å². The first-order valence-corrected chi connectivity index (χ1v) is 16.8. The largest absolute Gasteiger partial charge is 0.480 e. The summed E-state index contributed by atoms with van der Waals surface area (Å²) in [6.45, 7) is 1.03. The third-order valence-electron chi connectivity index (χ3n) is 7.37. The van der Waals surface area contributed by atoms with Gasteiger partial charge in [-0.3, -0.25) is 8.98 Å². The minimum absolute atomic E-state index is 0.0396. The molecule has 0 aliphatic carbocycles. The van der Waals surface area contributed by atoms with E-state index in [0.717, 1.165) is 46.3 Å². The Balaban J connectivity index is 1.38. The van der Waals surface area contributed by atoms with Crippen LogP contribution in [-0.2, 0) is 41.8 Å². The summed E-state index contributed by atoms with van der Waals surface area (Å²) in [5.74, 6) is -1.45. The van der Waals surface area contributed by atoms with E-state index < -0.39 is 62.3 Å². The highest BCUT2D eigenvalue weighted by atomic mass is 32.2. The molecule has 0 unspecified atom stereocenters. The number of nitrogens with zero attached hydrogens (tertiary/aromatic N) is 3. The Morgan fingerprint density at radius 3 is 2.17 bits per heavy atom. The minimum atomic E-state index is -4.52. The highest BCUT2D eigenvalue weighted by Crippen LogP contribution is 2.32. The molecule has 47 heavy (non-hydrogen) atoms. The number of halogens is 4. The highest BCUT2D eigenvalue weighted by molar-refractivity contribution is 7.89. The van der Waals surface area contributed by atoms with Crippen molar-refractivity contribution in [1.29, 1.82) is 0 Å². The zero-order valence-corrected chi connectivity index (χ0v) is 26.4. The van der Waals surface area contributed by atoms with Gasteiger partial charge in [0.2, 0.25) is 21.8 Å². The van der Waals surface area contributed by atoms with E-state index in [-0.39, 0.29) is 34.3 Å². The third-order valence-corrected chi connectivity index (χ3v) is 10.6. The molecule has 1 aromatic heterocycles. The van der Waals surface area contributed by atoms with Crippen LogP contribution < -0.4 is 10.1 Å². The molecular formula is C30H28F4N4O7S2. The lowest BCUT2D eigenvalue weighted by Crippen LogP contribution is -2.45. The summed E-state index contributed by atoms with van der Waals surface area (Å²) < 4.78 is 118. The van der Waals surface area contributed by atoms with Crippen molar-refractivity contribution in [3.05, 3.63) is 102 Å². The Labute approximate surface area is 267 Å². The first-order valence-electron chi connectivity index (χ1n) is 13.9. The number of ether oxygens (including phenoxy) is 1. The van der Waals surface area contributed by atoms with Crippen LogP contribution in [0, 0.1) is 12.7 Å². The van der Waals surface area contributed by atoms with Crippen molar-refractivity contribution in [2.45, 2.75) is 48.0 Å². The van der Waals surface area contributed by atoms with Gasteiger partial charge in [-0.25, -0.2) is 17.5 Å². The van der Waals surface area contributed by atoms with Crippen molar-refractivity contribution >= 4 is 26.0 Å². The highest BCUT2D eigenvalue weighted by Gasteiger charge is 2.46. The standard InChI is InChI=1S/C30H28F4N4O7S2/c1-19-3-11-26(12-4-19)47(42,43)45-24-15-27(38(18-24)46(40,41)25-13-7-22(31)8-14-25)28(39)35-16-20-17-37(36-29(20)44-2)23-9-5-21(6-10-23)30(32,33)34/h3-14,17,24,27H,15-16,18H2,1-2H3,(H,35,39)/t24-,27-/m0/s1. The molecule has 17 heteroatoms. The SMILES string of the molecule is COc1nn(-c2ccc(C(F)(F)F)cc2)cc1CNC(=O)[C@@H]1C[C@H](OS(=O)(=O)c2ccc(C)cc2)CN1S(=O)(=O)c1ccc(F)cc1. The van der Waals surface area contributed by atoms with Crippen LogP contribution in [0.5, 0.6) is 5.88 Å². The molecule has 11 nitrogen and oxygen atoms in total. The molecule has 1 aliphatic rings. The number of hydrogen-bond acceptors (Lipinski definition) is 8. The molecule has 4 aromatic rings. The first kappa shape index (κ1) is 34.0. The number of nitrogens with one attached hydrogen (secondary N) is 1. The summed E-state index contributed by atoms with van der Waals surface area (Å²) in [4.78, 5) is 13.1. The molecular weight excluding hydrogens is 668 g/mol. The third kappa shape index (κ3) is 7.48. The zero-order valence-electron chi connectivity index (χ0n) is 24.8. The first-order chi connectivity index (χ1) is 22.1. The maximum atomic E-state index is 13.6. The summed E-state index contributed by atoms with van der Waals surface area (Å²) in [5, 5.41) is 6.79. The molecule has 0 bridgehead atoms. The second-order valence-electron chi connectivity index (χ2n) is 10.6. The molecule has 1 aliphatic heterocycles. The number of hydrogen-bond donors (Lipinski definition) is 1. The number of sulfonamides is 1. The van der Waals surface area contributed by atoms with Gasteiger partial charge >= 0.3 is 6.18 Å². The summed E-state index contributed by atoms with van der Waals surface area (Å²) in [5.41, 5.74) is 0.538. The van der Waals surface area contributed by atoms with E-state index in [1.165, 1.54) is 42.3 Å². The van der Waals surface area contributed by atoms with Crippen molar-refractivity contribution in [1.82, 2.24) is 19.4 Å². The summed E-state index contributed by atoms with van der Waals surface area (Å²) in [7, 11) is -7.48. The molecule has 1 N–H and O–H groups in total. The molecule has 250 valence electrons. The fraction of sp³-hybridized carbons (Fsp3) is 0.267. The predicted molar refractivity (Wildman–Crippen MR) is 159 cm³/mol. The van der Waals surface area contributed by atoms with Crippen LogP contribution in [-0.4, -0.2) is 62.6 Å². The fourth-order valence-corrected chi connectivity index (χ4v) is 7.65. The predicted octanol–water partition coefficient (Wildman–Crippen LogP) is 4.20. The van der Waals surface area contributed by atoms with Gasteiger partial charge in [0.05, 0.1) is 39.8 Å². The molecule has 0 spiro atoms. The molecule has 0 saturated carbocycles. The number of aryl methyl sites for hydroxylation is 1. The van der Waals surface area contributed by atoms with E-state index in [1.54, 1.807) is 19.1 Å². The summed E-state index contributed by atoms with van der Waals surface area (Å²) in [6.07, 6.45) is -4.68. The Morgan fingerprint density at radius 1 is 0.957 bits per heavy atom. The Bertz CT molecular complexity index is 1970. The lowest BCUT2D eigenvalue weighted by Gasteiger charge is -2.23. The molecule has 3 aromatic carbocycles. The molecule has 1 fully saturated rings. The van der Waals surface area contributed by atoms with E-state index in [2.05, 4.69) is 10.4 Å². The number of carbonyl (C=O) groups is 1. The molecule has 1 amide bonds. The average Bonchev–Trinajstić information content (AvgIpc) is 3.64. The quantitative estimate of drug-likeness (QED) is 0.193. The van der Waals surface area contributed by atoms with E-state index >= 15 is 0 Å². The fourth-order valence-electron chi connectivity index (χ4n) is 4.95. The van der Waals surface area contributed by atoms with Crippen LogP contribution in [0.2, 0.25) is 0 Å². The van der Waals surface area contributed by atoms with Crippen molar-refractivity contribution < 1.29 is 48.1 Å². The lowest BCUT2D eigenvalue weighted by molar-refractivity contribution is -0.137. The monoisotopic (exact) mass is 696 g/mol. The second kappa shape index (κ2) is 13.1. The van der Waals surface area contributed by atoms with Crippen LogP contribution in [0.3, 0.4) is 0 Å². The van der Waals surface area contributed by atoms with Gasteiger partial charge in [0.1, 0.15) is 11.9 Å². The second-order valence-corrected chi connectivity index (χ2v) is 14.1. The van der Waals surface area contributed by atoms with Crippen LogP contribution >= 0.6 is 0 Å². The number of alkyl halides is 3. The number of carbonyl (C=O) groups excluding carboxylic acids is 1. The average molecular weight is 697 g/mol. The van der Waals surface area contributed by atoms with E-state index in [4.69, 9.17) is 8.92 Å². The smallest absolute Gasteiger partial charge is 0.416 e. The molecule has 0 radical (unpaired) electrons. The number of methoxy groups -OCH3 is 1. The van der Waals surface area contributed by atoms with Crippen LogP contribution in [0.25, 0.3) is 5.69 Å². The topological polar surface area (TPSA) is 137 Å². The van der Waals surface area contributed by atoms with Gasteiger partial charge in [-0.1, -0.05) is 17.7 Å². The van der Waals surface area contributed by atoms with Crippen molar-refractivity contribution in [3.8, 4) is 11.6 Å². The molecule has 2 atom stereocenters. The number of rotatable bonds is 10. The zero-order chi connectivity index (χ0) is 34.1. The van der Waals surface area contributed by atoms with Gasteiger partial charge in [0.15, 0.2) is 0 Å². The molecule has 2 heterocycles. The van der Waals surface area contributed by atoms with Crippen molar-refractivity contribution in [2.75, 3.05) is 13.7 Å². The van der Waals surface area contributed by atoms with E-state index in [1.807, 2.05) is 0 Å². The summed E-state index contributed by atoms with van der Waals surface area (Å²) >= 11 is 0. The van der Waals surface area contributed by atoms with Gasteiger partial charge in [-0.15, -0.1) is 5.10 Å². The Hall–Kier alpha value is -4.32. The van der Waals surface area contributed by atoms with Gasteiger partial charge in [0, 0.05) is 25.7 Å². The van der Waals surface area contributed by atoms with Crippen LogP contribution in [0.4, 0.5) is 17.6 Å². The van der Waals surface area contributed by atoms with Gasteiger partial charge in [-0.05, 0) is 67.6 Å². The van der Waals surface area contributed by atoms with Gasteiger partial charge in [-0.2, -0.15) is 25.9 Å². The van der Waals surface area contributed by atoms with Crippen molar-refractivity contribution in [3.63, 3.8) is 0 Å². The number of amides is 1.